The van der Waals surface area contributed by atoms with E-state index in [-0.39, 0.29) is 5.97 Å². The first kappa shape index (κ1) is 24.4. The highest BCUT2D eigenvalue weighted by atomic mass is 16.5. The molecule has 150 valence electrons. The van der Waals surface area contributed by atoms with Gasteiger partial charge in [0.25, 0.3) is 0 Å². The third-order valence-electron chi connectivity index (χ3n) is 4.58. The maximum absolute atomic E-state index is 10.8. The Hall–Kier alpha value is -0.610. The number of esters is 1. The fourth-order valence-electron chi connectivity index (χ4n) is 2.86. The molecule has 0 radical (unpaired) electrons. The summed E-state index contributed by atoms with van der Waals surface area (Å²) >= 11 is 0. The number of unbranched alkanes of at least 4 members (excludes halogenated alkanes) is 11. The van der Waals surface area contributed by atoms with E-state index in [2.05, 4.69) is 21.0 Å². The Kier molecular flexibility index (Phi) is 16.4. The lowest BCUT2D eigenvalue weighted by atomic mass is 10.1. The molecule has 0 N–H and O–H groups in total. The summed E-state index contributed by atoms with van der Waals surface area (Å²) in [6.07, 6.45) is 16.4. The van der Waals surface area contributed by atoms with Crippen molar-refractivity contribution < 1.29 is 18.8 Å². The largest absolute Gasteiger partial charge is 0.460 e. The SMILES string of the molecule is CCCCCCCCCCCCCCOC[N+](C)(C)CCOC(C)=O. The van der Waals surface area contributed by atoms with Crippen LogP contribution < -0.4 is 0 Å². The molecule has 0 aromatic heterocycles. The number of rotatable bonds is 18. The van der Waals surface area contributed by atoms with Gasteiger partial charge in [0, 0.05) is 6.92 Å². The summed E-state index contributed by atoms with van der Waals surface area (Å²) in [6.45, 7) is 6.50. The molecule has 0 heterocycles. The van der Waals surface area contributed by atoms with Crippen molar-refractivity contribution in [2.45, 2.75) is 90.9 Å². The molecule has 0 spiro atoms. The molecule has 0 aliphatic carbocycles. The number of hydrogen-bond acceptors (Lipinski definition) is 3. The fourth-order valence-corrected chi connectivity index (χ4v) is 2.86. The van der Waals surface area contributed by atoms with Gasteiger partial charge in [-0.1, -0.05) is 77.6 Å². The summed E-state index contributed by atoms with van der Waals surface area (Å²) in [5.74, 6) is -0.211. The molecule has 0 aliphatic rings. The molecule has 25 heavy (non-hydrogen) atoms. The normalized spacial score (nSPS) is 11.7. The highest BCUT2D eigenvalue weighted by molar-refractivity contribution is 5.65. The number of carbonyl (C=O) groups excluding carboxylic acids is 1. The number of carbonyl (C=O) groups is 1. The standard InChI is InChI=1S/C21H44NO3/c1-5-6-7-8-9-10-11-12-13-14-15-16-18-24-20-22(3,4)17-19-25-21(2)23/h5-20H2,1-4H3/q+1. The van der Waals surface area contributed by atoms with Gasteiger partial charge in [0.2, 0.25) is 0 Å². The minimum absolute atomic E-state index is 0.211. The second-order valence-electron chi connectivity index (χ2n) is 7.93. The minimum Gasteiger partial charge on any atom is -0.460 e. The van der Waals surface area contributed by atoms with Gasteiger partial charge in [0.15, 0.2) is 6.73 Å². The van der Waals surface area contributed by atoms with Crippen LogP contribution in [0.25, 0.3) is 0 Å². The Labute approximate surface area is 156 Å². The summed E-state index contributed by atoms with van der Waals surface area (Å²) in [7, 11) is 4.21. The van der Waals surface area contributed by atoms with E-state index in [9.17, 15) is 4.79 Å². The maximum atomic E-state index is 10.8. The van der Waals surface area contributed by atoms with Gasteiger partial charge >= 0.3 is 5.97 Å². The van der Waals surface area contributed by atoms with E-state index in [0.29, 0.717) is 13.3 Å². The lowest BCUT2D eigenvalue weighted by Crippen LogP contribution is -2.44. The van der Waals surface area contributed by atoms with Gasteiger partial charge < -0.3 is 14.0 Å². The summed E-state index contributed by atoms with van der Waals surface area (Å²) in [6, 6.07) is 0. The number of ether oxygens (including phenoxy) is 2. The molecule has 0 saturated heterocycles. The summed E-state index contributed by atoms with van der Waals surface area (Å²) in [5, 5.41) is 0. The molecule has 0 atom stereocenters. The molecule has 4 heteroatoms. The average Bonchev–Trinajstić information content (AvgIpc) is 2.54. The van der Waals surface area contributed by atoms with E-state index >= 15 is 0 Å². The van der Waals surface area contributed by atoms with Gasteiger partial charge in [-0.05, 0) is 6.42 Å². The van der Waals surface area contributed by atoms with Gasteiger partial charge in [-0.3, -0.25) is 4.79 Å². The van der Waals surface area contributed by atoms with Crippen LogP contribution in [-0.2, 0) is 14.3 Å². The quantitative estimate of drug-likeness (QED) is 0.144. The molecule has 0 unspecified atom stereocenters. The second-order valence-corrected chi connectivity index (χ2v) is 7.93. The minimum atomic E-state index is -0.211. The fraction of sp³-hybridized carbons (Fsp3) is 0.952. The van der Waals surface area contributed by atoms with Gasteiger partial charge in [0.05, 0.1) is 20.7 Å². The molecule has 0 aromatic rings. The van der Waals surface area contributed by atoms with Gasteiger partial charge in [-0.2, -0.15) is 0 Å². The topological polar surface area (TPSA) is 35.5 Å². The van der Waals surface area contributed by atoms with Crippen molar-refractivity contribution in [1.82, 2.24) is 0 Å². The van der Waals surface area contributed by atoms with E-state index < -0.39 is 0 Å². The molecular formula is C21H44NO3+. The van der Waals surface area contributed by atoms with Gasteiger partial charge in [-0.25, -0.2) is 0 Å². The predicted molar refractivity (Wildman–Crippen MR) is 106 cm³/mol. The number of quaternary nitrogens is 1. The van der Waals surface area contributed by atoms with Crippen LogP contribution >= 0.6 is 0 Å². The summed E-state index contributed by atoms with van der Waals surface area (Å²) in [4.78, 5) is 10.8. The highest BCUT2D eigenvalue weighted by Crippen LogP contribution is 2.12. The van der Waals surface area contributed by atoms with Crippen molar-refractivity contribution in [3.63, 3.8) is 0 Å². The van der Waals surface area contributed by atoms with Crippen LogP contribution in [0.3, 0.4) is 0 Å². The third-order valence-corrected chi connectivity index (χ3v) is 4.58. The van der Waals surface area contributed by atoms with Crippen LogP contribution in [0.1, 0.15) is 90.9 Å². The van der Waals surface area contributed by atoms with Crippen LogP contribution in [0.5, 0.6) is 0 Å². The smallest absolute Gasteiger partial charge is 0.302 e. The van der Waals surface area contributed by atoms with Crippen molar-refractivity contribution >= 4 is 5.97 Å². The van der Waals surface area contributed by atoms with Crippen LogP contribution in [0.4, 0.5) is 0 Å². The van der Waals surface area contributed by atoms with E-state index in [0.717, 1.165) is 24.1 Å². The number of nitrogens with zero attached hydrogens (tertiary/aromatic N) is 1. The first-order valence-corrected chi connectivity index (χ1v) is 10.5. The number of likely N-dealkylation sites (N-methyl/N-ethyl adjacent to an activating group) is 1. The van der Waals surface area contributed by atoms with Crippen LogP contribution in [0.2, 0.25) is 0 Å². The summed E-state index contributed by atoms with van der Waals surface area (Å²) < 4.78 is 11.5. The van der Waals surface area contributed by atoms with Crippen molar-refractivity contribution in [3.8, 4) is 0 Å². The first-order chi connectivity index (χ1) is 12.0. The molecule has 0 aliphatic heterocycles. The number of hydrogen-bond donors (Lipinski definition) is 0. The molecule has 0 aromatic carbocycles. The van der Waals surface area contributed by atoms with Crippen molar-refractivity contribution in [1.29, 1.82) is 0 Å². The molecule has 0 fully saturated rings. The zero-order valence-electron chi connectivity index (χ0n) is 17.5. The zero-order valence-corrected chi connectivity index (χ0v) is 17.5. The Balaban J connectivity index is 3.26. The Morgan fingerprint density at radius 1 is 0.760 bits per heavy atom. The lowest BCUT2D eigenvalue weighted by Gasteiger charge is -2.28. The van der Waals surface area contributed by atoms with Crippen LogP contribution in [0, 0.1) is 0 Å². The maximum Gasteiger partial charge on any atom is 0.302 e. The summed E-state index contributed by atoms with van der Waals surface area (Å²) in [5.41, 5.74) is 0. The van der Waals surface area contributed by atoms with Gasteiger partial charge in [-0.15, -0.1) is 0 Å². The molecule has 0 saturated carbocycles. The Morgan fingerprint density at radius 2 is 1.24 bits per heavy atom. The van der Waals surface area contributed by atoms with E-state index in [1.807, 2.05) is 0 Å². The molecule has 4 nitrogen and oxygen atoms in total. The van der Waals surface area contributed by atoms with Crippen LogP contribution in [0.15, 0.2) is 0 Å². The predicted octanol–water partition coefficient (Wildman–Crippen LogP) is 5.30. The third kappa shape index (κ3) is 19.6. The lowest BCUT2D eigenvalue weighted by molar-refractivity contribution is -0.909. The van der Waals surface area contributed by atoms with Crippen molar-refractivity contribution in [2.75, 3.05) is 40.6 Å². The zero-order chi connectivity index (χ0) is 18.8. The first-order valence-electron chi connectivity index (χ1n) is 10.5. The van der Waals surface area contributed by atoms with Crippen molar-refractivity contribution in [3.05, 3.63) is 0 Å². The van der Waals surface area contributed by atoms with E-state index in [4.69, 9.17) is 9.47 Å². The average molecular weight is 359 g/mol. The molecule has 0 bridgehead atoms. The van der Waals surface area contributed by atoms with Crippen molar-refractivity contribution in [2.24, 2.45) is 0 Å². The molecular weight excluding hydrogens is 314 g/mol. The van der Waals surface area contributed by atoms with Gasteiger partial charge in [0.1, 0.15) is 13.2 Å². The van der Waals surface area contributed by atoms with E-state index in [1.165, 1.54) is 77.6 Å². The highest BCUT2D eigenvalue weighted by Gasteiger charge is 2.15. The molecule has 0 rings (SSSR count). The Bertz CT molecular complexity index is 306. The van der Waals surface area contributed by atoms with E-state index in [1.54, 1.807) is 0 Å². The molecule has 0 amide bonds. The monoisotopic (exact) mass is 358 g/mol. The van der Waals surface area contributed by atoms with Crippen LogP contribution in [-0.4, -0.2) is 51.0 Å². The second kappa shape index (κ2) is 16.8. The Morgan fingerprint density at radius 3 is 1.72 bits per heavy atom.